The maximum atomic E-state index is 12.7. The van der Waals surface area contributed by atoms with E-state index in [4.69, 9.17) is 34.8 Å². The molecule has 0 aliphatic heterocycles. The molecule has 0 saturated carbocycles. The quantitative estimate of drug-likeness (QED) is 0.484. The smallest absolute Gasteiger partial charge is 0.280 e. The molecule has 0 fully saturated rings. The molecule has 0 saturated heterocycles. The molecule has 128 valence electrons. The fraction of sp³-hybridized carbons (Fsp3) is 0.0588. The number of hydrogen-bond donors (Lipinski definition) is 1. The van der Waals surface area contributed by atoms with Crippen LogP contribution in [0.4, 0.5) is 5.69 Å². The molecular formula is C17H11BrCl3N3O. The molecule has 0 bridgehead atoms. The summed E-state index contributed by atoms with van der Waals surface area (Å²) in [5, 5.41) is 4.36. The van der Waals surface area contributed by atoms with Gasteiger partial charge < -0.3 is 0 Å². The zero-order valence-electron chi connectivity index (χ0n) is 12.9. The van der Waals surface area contributed by atoms with Gasteiger partial charge in [0.2, 0.25) is 0 Å². The average Bonchev–Trinajstić information content (AvgIpc) is 2.84. The Morgan fingerprint density at radius 3 is 2.60 bits per heavy atom. The first kappa shape index (κ1) is 18.3. The van der Waals surface area contributed by atoms with Gasteiger partial charge in [-0.15, -0.1) is 0 Å². The molecule has 0 aliphatic carbocycles. The molecule has 1 N–H and O–H groups in total. The molecule has 1 aromatic heterocycles. The molecular weight excluding hydrogens is 448 g/mol. The van der Waals surface area contributed by atoms with E-state index in [1.807, 2.05) is 6.07 Å². The van der Waals surface area contributed by atoms with Gasteiger partial charge in [-0.3, -0.25) is 14.9 Å². The third-order valence-electron chi connectivity index (χ3n) is 3.51. The Morgan fingerprint density at radius 1 is 1.12 bits per heavy atom. The Labute approximate surface area is 167 Å². The summed E-state index contributed by atoms with van der Waals surface area (Å²) in [7, 11) is 0. The minimum absolute atomic E-state index is 0.279. The highest BCUT2D eigenvalue weighted by Crippen LogP contribution is 2.28. The summed E-state index contributed by atoms with van der Waals surface area (Å²) >= 11 is 21.7. The summed E-state index contributed by atoms with van der Waals surface area (Å²) in [5.41, 5.74) is 1.83. The summed E-state index contributed by atoms with van der Waals surface area (Å²) in [6, 6.07) is 10.2. The first-order valence-electron chi connectivity index (χ1n) is 7.13. The molecule has 0 spiro atoms. The lowest BCUT2D eigenvalue weighted by molar-refractivity contribution is 0.835. The summed E-state index contributed by atoms with van der Waals surface area (Å²) in [6.45, 7) is 1.78. The molecule has 4 nitrogen and oxygen atoms in total. The van der Waals surface area contributed by atoms with Crippen LogP contribution in [0, 0.1) is 6.92 Å². The van der Waals surface area contributed by atoms with Gasteiger partial charge in [0.1, 0.15) is 0 Å². The van der Waals surface area contributed by atoms with Crippen molar-refractivity contribution in [2.75, 3.05) is 0 Å². The first-order valence-corrected chi connectivity index (χ1v) is 9.05. The van der Waals surface area contributed by atoms with E-state index in [2.05, 4.69) is 26.0 Å². The number of aromatic nitrogens is 2. The van der Waals surface area contributed by atoms with Gasteiger partial charge in [0.05, 0.1) is 27.0 Å². The number of rotatable bonds is 3. The normalized spacial score (nSPS) is 11.4. The highest BCUT2D eigenvalue weighted by Gasteiger charge is 2.13. The van der Waals surface area contributed by atoms with E-state index in [9.17, 15) is 4.79 Å². The molecule has 8 heteroatoms. The van der Waals surface area contributed by atoms with Crippen LogP contribution < -0.4 is 5.56 Å². The highest BCUT2D eigenvalue weighted by atomic mass is 79.9. The van der Waals surface area contributed by atoms with Crippen LogP contribution in [-0.4, -0.2) is 16.0 Å². The lowest BCUT2D eigenvalue weighted by atomic mass is 10.2. The van der Waals surface area contributed by atoms with Crippen LogP contribution in [0.25, 0.3) is 5.69 Å². The number of aryl methyl sites for hydroxylation is 1. The Hall–Kier alpha value is -1.53. The summed E-state index contributed by atoms with van der Waals surface area (Å²) in [5.74, 6) is 0. The number of H-pyrrole nitrogens is 1. The number of nitrogens with one attached hydrogen (secondary N) is 1. The van der Waals surface area contributed by atoms with Crippen molar-refractivity contribution in [1.82, 2.24) is 9.78 Å². The summed E-state index contributed by atoms with van der Waals surface area (Å²) < 4.78 is 2.20. The molecule has 25 heavy (non-hydrogen) atoms. The lowest BCUT2D eigenvalue weighted by Gasteiger charge is -2.04. The van der Waals surface area contributed by atoms with Gasteiger partial charge >= 0.3 is 0 Å². The largest absolute Gasteiger partial charge is 0.295 e. The van der Waals surface area contributed by atoms with Crippen molar-refractivity contribution < 1.29 is 0 Å². The van der Waals surface area contributed by atoms with E-state index in [-0.39, 0.29) is 5.56 Å². The molecule has 0 aliphatic rings. The standard InChI is InChI=1S/C17H11BrCl3N3O/c1-9-12(8-22-15-5-2-10(18)6-14(15)21)17(25)24(23-9)16-7-11(19)3-4-13(16)20/h2-8,23H,1H3. The fourth-order valence-electron chi connectivity index (χ4n) is 2.26. The van der Waals surface area contributed by atoms with Crippen molar-refractivity contribution in [3.63, 3.8) is 0 Å². The minimum atomic E-state index is -0.279. The lowest BCUT2D eigenvalue weighted by Crippen LogP contribution is -2.17. The van der Waals surface area contributed by atoms with Crippen LogP contribution >= 0.6 is 50.7 Å². The van der Waals surface area contributed by atoms with Gasteiger partial charge in [-0.25, -0.2) is 4.68 Å². The van der Waals surface area contributed by atoms with E-state index in [0.29, 0.717) is 37.7 Å². The number of halogens is 4. The number of benzene rings is 2. The van der Waals surface area contributed by atoms with Crippen LogP contribution in [0.3, 0.4) is 0 Å². The van der Waals surface area contributed by atoms with Crippen LogP contribution in [-0.2, 0) is 0 Å². The van der Waals surface area contributed by atoms with Crippen molar-refractivity contribution in [1.29, 1.82) is 0 Å². The maximum absolute atomic E-state index is 12.7. The van der Waals surface area contributed by atoms with E-state index in [1.54, 1.807) is 37.3 Å². The van der Waals surface area contributed by atoms with Crippen molar-refractivity contribution in [3.8, 4) is 5.69 Å². The maximum Gasteiger partial charge on any atom is 0.280 e. The predicted octanol–water partition coefficient (Wildman–Crippen LogP) is 5.95. The van der Waals surface area contributed by atoms with Gasteiger partial charge in [0.25, 0.3) is 5.56 Å². The van der Waals surface area contributed by atoms with E-state index in [0.717, 1.165) is 4.47 Å². The van der Waals surface area contributed by atoms with Crippen molar-refractivity contribution >= 4 is 62.6 Å². The van der Waals surface area contributed by atoms with E-state index in [1.165, 1.54) is 10.9 Å². The molecule has 0 unspecified atom stereocenters. The molecule has 3 rings (SSSR count). The Balaban J connectivity index is 2.04. The van der Waals surface area contributed by atoms with Crippen LogP contribution in [0.15, 0.2) is 50.7 Å². The van der Waals surface area contributed by atoms with Gasteiger partial charge in [-0.2, -0.15) is 0 Å². The predicted molar refractivity (Wildman–Crippen MR) is 108 cm³/mol. The number of nitrogens with zero attached hydrogens (tertiary/aromatic N) is 2. The number of hydrogen-bond acceptors (Lipinski definition) is 2. The molecule has 0 amide bonds. The Bertz CT molecular complexity index is 1040. The van der Waals surface area contributed by atoms with Crippen molar-refractivity contribution in [2.24, 2.45) is 4.99 Å². The first-order chi connectivity index (χ1) is 11.9. The summed E-state index contributed by atoms with van der Waals surface area (Å²) in [4.78, 5) is 17.0. The van der Waals surface area contributed by atoms with Crippen molar-refractivity contribution in [3.05, 3.63) is 77.6 Å². The highest BCUT2D eigenvalue weighted by molar-refractivity contribution is 9.10. The van der Waals surface area contributed by atoms with Crippen molar-refractivity contribution in [2.45, 2.75) is 6.92 Å². The van der Waals surface area contributed by atoms with Gasteiger partial charge in [0, 0.05) is 21.4 Å². The second-order valence-electron chi connectivity index (χ2n) is 5.24. The number of aromatic amines is 1. The molecule has 2 aromatic carbocycles. The average molecular weight is 460 g/mol. The van der Waals surface area contributed by atoms with Gasteiger partial charge in [0.15, 0.2) is 0 Å². The second-order valence-corrected chi connectivity index (χ2v) is 7.41. The zero-order valence-corrected chi connectivity index (χ0v) is 16.7. The Kier molecular flexibility index (Phi) is 5.39. The van der Waals surface area contributed by atoms with Crippen LogP contribution in [0.5, 0.6) is 0 Å². The SMILES string of the molecule is Cc1[nH]n(-c2cc(Cl)ccc2Cl)c(=O)c1C=Nc1ccc(Br)cc1Cl. The molecule has 0 atom stereocenters. The van der Waals surface area contributed by atoms with Gasteiger partial charge in [-0.05, 0) is 43.3 Å². The topological polar surface area (TPSA) is 50.1 Å². The Morgan fingerprint density at radius 2 is 1.88 bits per heavy atom. The molecule has 3 aromatic rings. The van der Waals surface area contributed by atoms with E-state index < -0.39 is 0 Å². The summed E-state index contributed by atoms with van der Waals surface area (Å²) in [6.07, 6.45) is 1.48. The third-order valence-corrected chi connectivity index (χ3v) is 4.86. The van der Waals surface area contributed by atoms with Gasteiger partial charge in [-0.1, -0.05) is 50.7 Å². The number of aliphatic imine (C=N–C) groups is 1. The molecule has 1 heterocycles. The zero-order chi connectivity index (χ0) is 18.1. The monoisotopic (exact) mass is 457 g/mol. The van der Waals surface area contributed by atoms with Crippen LogP contribution in [0.2, 0.25) is 15.1 Å². The van der Waals surface area contributed by atoms with E-state index >= 15 is 0 Å². The second kappa shape index (κ2) is 7.38. The fourth-order valence-corrected chi connectivity index (χ4v) is 3.35. The van der Waals surface area contributed by atoms with Crippen LogP contribution in [0.1, 0.15) is 11.3 Å². The molecule has 0 radical (unpaired) electrons. The third kappa shape index (κ3) is 3.85. The minimum Gasteiger partial charge on any atom is -0.295 e.